The van der Waals surface area contributed by atoms with E-state index in [0.29, 0.717) is 17.4 Å². The van der Waals surface area contributed by atoms with Gasteiger partial charge in [0.15, 0.2) is 5.82 Å². The largest absolute Gasteiger partial charge is 0.382 e. The van der Waals surface area contributed by atoms with Gasteiger partial charge < -0.3 is 16.0 Å². The van der Waals surface area contributed by atoms with E-state index in [0.717, 1.165) is 5.69 Å². The van der Waals surface area contributed by atoms with Crippen molar-refractivity contribution in [3.8, 4) is 0 Å². The first-order valence-corrected chi connectivity index (χ1v) is 4.62. The van der Waals surface area contributed by atoms with E-state index in [1.165, 1.54) is 6.33 Å². The lowest BCUT2D eigenvalue weighted by Gasteiger charge is -2.06. The molecular weight excluding hydrogens is 216 g/mol. The number of nitrogens with two attached hydrogens (primary N) is 1. The molecule has 0 saturated heterocycles. The average Bonchev–Trinajstić information content (AvgIpc) is 2.73. The lowest BCUT2D eigenvalue weighted by atomic mass is 10.4. The highest BCUT2D eigenvalue weighted by molar-refractivity contribution is 6.35. The Bertz CT molecular complexity index is 440. The minimum absolute atomic E-state index is 0.263. The SMILES string of the molecule is Nc1ncnc(NCc2cnc[nH]2)c1Cl. The first-order chi connectivity index (χ1) is 7.27. The lowest BCUT2D eigenvalue weighted by molar-refractivity contribution is 1.04. The Balaban J connectivity index is 2.08. The van der Waals surface area contributed by atoms with Gasteiger partial charge in [0, 0.05) is 6.20 Å². The Morgan fingerprint density at radius 1 is 1.47 bits per heavy atom. The van der Waals surface area contributed by atoms with E-state index in [-0.39, 0.29) is 5.82 Å². The summed E-state index contributed by atoms with van der Waals surface area (Å²) >= 11 is 5.90. The summed E-state index contributed by atoms with van der Waals surface area (Å²) in [6.45, 7) is 0.552. The predicted octanol–water partition coefficient (Wildman–Crippen LogP) is 1.05. The third-order valence-corrected chi connectivity index (χ3v) is 2.19. The Labute approximate surface area is 90.9 Å². The molecule has 2 rings (SSSR count). The smallest absolute Gasteiger partial charge is 0.150 e. The monoisotopic (exact) mass is 224 g/mol. The Kier molecular flexibility index (Phi) is 2.68. The summed E-state index contributed by atoms with van der Waals surface area (Å²) < 4.78 is 0. The number of rotatable bonds is 3. The summed E-state index contributed by atoms with van der Waals surface area (Å²) in [7, 11) is 0. The second-order valence-electron chi connectivity index (χ2n) is 2.85. The van der Waals surface area contributed by atoms with Crippen molar-refractivity contribution >= 4 is 23.2 Å². The zero-order valence-electron chi connectivity index (χ0n) is 7.74. The van der Waals surface area contributed by atoms with Crippen LogP contribution in [0.1, 0.15) is 5.69 Å². The molecule has 78 valence electrons. The van der Waals surface area contributed by atoms with E-state index < -0.39 is 0 Å². The van der Waals surface area contributed by atoms with Crippen LogP contribution in [0.25, 0.3) is 0 Å². The molecule has 0 radical (unpaired) electrons. The molecule has 0 aromatic carbocycles. The van der Waals surface area contributed by atoms with Crippen LogP contribution in [0.5, 0.6) is 0 Å². The molecule has 7 heteroatoms. The molecule has 6 nitrogen and oxygen atoms in total. The van der Waals surface area contributed by atoms with Crippen molar-refractivity contribution in [2.45, 2.75) is 6.54 Å². The molecule has 0 bridgehead atoms. The molecule has 0 unspecified atom stereocenters. The maximum absolute atomic E-state index is 5.90. The van der Waals surface area contributed by atoms with Gasteiger partial charge in [0.1, 0.15) is 17.2 Å². The lowest BCUT2D eigenvalue weighted by Crippen LogP contribution is -2.04. The molecule has 0 saturated carbocycles. The molecule has 2 aromatic heterocycles. The number of aromatic nitrogens is 4. The van der Waals surface area contributed by atoms with Gasteiger partial charge in [-0.15, -0.1) is 0 Å². The molecule has 0 aliphatic heterocycles. The van der Waals surface area contributed by atoms with Crippen molar-refractivity contribution in [3.05, 3.63) is 29.6 Å². The highest BCUT2D eigenvalue weighted by Crippen LogP contribution is 2.23. The van der Waals surface area contributed by atoms with Crippen LogP contribution in [-0.2, 0) is 6.54 Å². The zero-order chi connectivity index (χ0) is 10.7. The molecular formula is C8H9ClN6. The predicted molar refractivity (Wildman–Crippen MR) is 57.4 cm³/mol. The van der Waals surface area contributed by atoms with Crippen LogP contribution in [0.15, 0.2) is 18.9 Å². The summed E-state index contributed by atoms with van der Waals surface area (Å²) in [5, 5.41) is 3.35. The van der Waals surface area contributed by atoms with Gasteiger partial charge in [-0.05, 0) is 0 Å². The number of nitrogens with zero attached hydrogens (tertiary/aromatic N) is 3. The fraction of sp³-hybridized carbons (Fsp3) is 0.125. The van der Waals surface area contributed by atoms with E-state index in [4.69, 9.17) is 17.3 Å². The van der Waals surface area contributed by atoms with Crippen LogP contribution in [0, 0.1) is 0 Å². The van der Waals surface area contributed by atoms with E-state index in [2.05, 4.69) is 25.3 Å². The first-order valence-electron chi connectivity index (χ1n) is 4.24. The van der Waals surface area contributed by atoms with Gasteiger partial charge in [-0.25, -0.2) is 15.0 Å². The third kappa shape index (κ3) is 2.16. The van der Waals surface area contributed by atoms with Crippen molar-refractivity contribution in [1.29, 1.82) is 0 Å². The van der Waals surface area contributed by atoms with Crippen molar-refractivity contribution < 1.29 is 0 Å². The molecule has 2 heterocycles. The van der Waals surface area contributed by atoms with Gasteiger partial charge in [0.2, 0.25) is 0 Å². The average molecular weight is 225 g/mol. The van der Waals surface area contributed by atoms with E-state index >= 15 is 0 Å². The molecule has 0 spiro atoms. The Hall–Kier alpha value is -1.82. The fourth-order valence-corrected chi connectivity index (χ4v) is 1.23. The molecule has 0 atom stereocenters. The van der Waals surface area contributed by atoms with Crippen LogP contribution in [0.3, 0.4) is 0 Å². The molecule has 0 fully saturated rings. The van der Waals surface area contributed by atoms with Gasteiger partial charge in [-0.3, -0.25) is 0 Å². The topological polar surface area (TPSA) is 92.5 Å². The summed E-state index contributed by atoms with van der Waals surface area (Å²) in [6.07, 6.45) is 4.68. The van der Waals surface area contributed by atoms with Gasteiger partial charge in [-0.2, -0.15) is 0 Å². The van der Waals surface area contributed by atoms with Crippen molar-refractivity contribution in [1.82, 2.24) is 19.9 Å². The van der Waals surface area contributed by atoms with Gasteiger partial charge in [-0.1, -0.05) is 11.6 Å². The summed E-state index contributed by atoms with van der Waals surface area (Å²) in [5.41, 5.74) is 6.46. The third-order valence-electron chi connectivity index (χ3n) is 1.82. The summed E-state index contributed by atoms with van der Waals surface area (Å²) in [6, 6.07) is 0. The number of halogens is 1. The minimum Gasteiger partial charge on any atom is -0.382 e. The molecule has 4 N–H and O–H groups in total. The van der Waals surface area contributed by atoms with Crippen molar-refractivity contribution in [3.63, 3.8) is 0 Å². The number of nitrogens with one attached hydrogen (secondary N) is 2. The number of hydrogen-bond donors (Lipinski definition) is 3. The number of H-pyrrole nitrogens is 1. The normalized spacial score (nSPS) is 10.2. The standard InChI is InChI=1S/C8H9ClN6/c9-6-7(10)14-4-15-8(6)12-2-5-1-11-3-13-5/h1,3-4H,2H2,(H,11,13)(H3,10,12,14,15). The molecule has 15 heavy (non-hydrogen) atoms. The fourth-order valence-electron chi connectivity index (χ4n) is 1.07. The zero-order valence-corrected chi connectivity index (χ0v) is 8.49. The van der Waals surface area contributed by atoms with Gasteiger partial charge in [0.25, 0.3) is 0 Å². The number of aromatic amines is 1. The second-order valence-corrected chi connectivity index (χ2v) is 3.23. The maximum Gasteiger partial charge on any atom is 0.150 e. The number of hydrogen-bond acceptors (Lipinski definition) is 5. The number of nitrogen functional groups attached to an aromatic ring is 1. The van der Waals surface area contributed by atoms with Gasteiger partial charge in [0.05, 0.1) is 18.6 Å². The van der Waals surface area contributed by atoms with Crippen LogP contribution in [-0.4, -0.2) is 19.9 Å². The molecule has 0 amide bonds. The maximum atomic E-state index is 5.90. The van der Waals surface area contributed by atoms with E-state index in [1.54, 1.807) is 12.5 Å². The van der Waals surface area contributed by atoms with Crippen molar-refractivity contribution in [2.24, 2.45) is 0 Å². The highest BCUT2D eigenvalue weighted by Gasteiger charge is 2.05. The summed E-state index contributed by atoms with van der Waals surface area (Å²) in [4.78, 5) is 14.6. The summed E-state index contributed by atoms with van der Waals surface area (Å²) in [5.74, 6) is 0.776. The van der Waals surface area contributed by atoms with Crippen LogP contribution >= 0.6 is 11.6 Å². The van der Waals surface area contributed by atoms with Gasteiger partial charge >= 0.3 is 0 Å². The molecule has 0 aliphatic rings. The molecule has 2 aromatic rings. The Morgan fingerprint density at radius 3 is 3.07 bits per heavy atom. The second kappa shape index (κ2) is 4.14. The minimum atomic E-state index is 0.263. The van der Waals surface area contributed by atoms with Crippen LogP contribution in [0.2, 0.25) is 5.02 Å². The Morgan fingerprint density at radius 2 is 2.33 bits per heavy atom. The van der Waals surface area contributed by atoms with Crippen LogP contribution in [0.4, 0.5) is 11.6 Å². The number of imidazole rings is 1. The van der Waals surface area contributed by atoms with Crippen LogP contribution < -0.4 is 11.1 Å². The van der Waals surface area contributed by atoms with E-state index in [9.17, 15) is 0 Å². The van der Waals surface area contributed by atoms with E-state index in [1.807, 2.05) is 0 Å². The molecule has 0 aliphatic carbocycles. The first kappa shape index (κ1) is 9.72. The number of anilines is 2. The highest BCUT2D eigenvalue weighted by atomic mass is 35.5. The quantitative estimate of drug-likeness (QED) is 0.725. The van der Waals surface area contributed by atoms with Crippen molar-refractivity contribution in [2.75, 3.05) is 11.1 Å².